The first kappa shape index (κ1) is 12.6. The third-order valence-corrected chi connectivity index (χ3v) is 3.18. The molecule has 0 fully saturated rings. The highest BCUT2D eigenvalue weighted by molar-refractivity contribution is 6.04. The van der Waals surface area contributed by atoms with E-state index in [0.717, 1.165) is 17.7 Å². The summed E-state index contributed by atoms with van der Waals surface area (Å²) in [5, 5.41) is 2.99. The molecule has 1 unspecified atom stereocenters. The molecule has 1 heterocycles. The summed E-state index contributed by atoms with van der Waals surface area (Å²) >= 11 is 0. The molecular weight excluding hydrogens is 262 g/mol. The maximum absolute atomic E-state index is 13.4. The molecule has 0 amide bonds. The van der Waals surface area contributed by atoms with E-state index in [2.05, 4.69) is 10.3 Å². The maximum Gasteiger partial charge on any atom is 0.211 e. The van der Waals surface area contributed by atoms with Crippen LogP contribution in [0.1, 0.15) is 11.1 Å². The van der Waals surface area contributed by atoms with Crippen molar-refractivity contribution < 1.29 is 8.78 Å². The van der Waals surface area contributed by atoms with Crippen molar-refractivity contribution in [2.24, 2.45) is 16.5 Å². The molecule has 0 bridgehead atoms. The van der Waals surface area contributed by atoms with Crippen LogP contribution in [0.5, 0.6) is 0 Å². The Morgan fingerprint density at radius 1 is 1.05 bits per heavy atom. The number of aliphatic imine (C=N–C) groups is 1. The first-order chi connectivity index (χ1) is 9.49. The van der Waals surface area contributed by atoms with E-state index in [4.69, 9.17) is 11.5 Å². The molecule has 4 nitrogen and oxygen atoms in total. The summed E-state index contributed by atoms with van der Waals surface area (Å²) < 4.78 is 26.4. The van der Waals surface area contributed by atoms with Crippen molar-refractivity contribution in [3.05, 3.63) is 65.2 Å². The van der Waals surface area contributed by atoms with Crippen LogP contribution in [0.15, 0.2) is 47.5 Å². The number of nitrogens with two attached hydrogens (primary N) is 2. The standard InChI is InChI=1S/C14H12F2N4/c15-10-6-5-8(7-11(10)16)14(18)19-12-4-2-1-3-9(12)13(17)20-14/h1-7,19H,18H2,(H2,17,20). The van der Waals surface area contributed by atoms with Gasteiger partial charge < -0.3 is 11.1 Å². The van der Waals surface area contributed by atoms with Crippen LogP contribution in [0.25, 0.3) is 0 Å². The highest BCUT2D eigenvalue weighted by atomic mass is 19.2. The third kappa shape index (κ3) is 1.90. The van der Waals surface area contributed by atoms with Crippen molar-refractivity contribution in [1.82, 2.24) is 0 Å². The summed E-state index contributed by atoms with van der Waals surface area (Å²) in [5.74, 6) is -3.11. The van der Waals surface area contributed by atoms with Gasteiger partial charge in [-0.1, -0.05) is 18.2 Å². The Morgan fingerprint density at radius 2 is 1.80 bits per heavy atom. The Morgan fingerprint density at radius 3 is 2.55 bits per heavy atom. The number of amidine groups is 1. The van der Waals surface area contributed by atoms with E-state index < -0.39 is 17.4 Å². The molecule has 5 N–H and O–H groups in total. The first-order valence-corrected chi connectivity index (χ1v) is 5.97. The molecule has 0 spiro atoms. The molecule has 0 radical (unpaired) electrons. The van der Waals surface area contributed by atoms with Gasteiger partial charge in [0.05, 0.1) is 0 Å². The molecule has 6 heteroatoms. The second kappa shape index (κ2) is 4.28. The number of para-hydroxylation sites is 1. The second-order valence-corrected chi connectivity index (χ2v) is 4.56. The van der Waals surface area contributed by atoms with E-state index in [9.17, 15) is 8.78 Å². The lowest BCUT2D eigenvalue weighted by molar-refractivity contribution is 0.490. The topological polar surface area (TPSA) is 76.4 Å². The number of benzene rings is 2. The molecule has 2 aromatic carbocycles. The molecule has 1 atom stereocenters. The molecule has 0 aromatic heterocycles. The summed E-state index contributed by atoms with van der Waals surface area (Å²) in [6, 6.07) is 10.6. The molecule has 1 aliphatic rings. The fourth-order valence-corrected chi connectivity index (χ4v) is 2.17. The smallest absolute Gasteiger partial charge is 0.211 e. The molecular formula is C14H12F2N4. The van der Waals surface area contributed by atoms with Crippen LogP contribution in [0, 0.1) is 11.6 Å². The van der Waals surface area contributed by atoms with E-state index in [-0.39, 0.29) is 11.4 Å². The van der Waals surface area contributed by atoms with Gasteiger partial charge in [0.2, 0.25) is 5.79 Å². The van der Waals surface area contributed by atoms with Gasteiger partial charge in [0.15, 0.2) is 11.6 Å². The second-order valence-electron chi connectivity index (χ2n) is 4.56. The predicted octanol–water partition coefficient (Wildman–Crippen LogP) is 1.86. The van der Waals surface area contributed by atoms with Gasteiger partial charge in [-0.25, -0.2) is 13.8 Å². The minimum atomic E-state index is -1.42. The molecule has 1 aliphatic heterocycles. The first-order valence-electron chi connectivity index (χ1n) is 5.97. The van der Waals surface area contributed by atoms with Gasteiger partial charge in [-0.15, -0.1) is 0 Å². The zero-order valence-electron chi connectivity index (χ0n) is 10.4. The molecule has 0 saturated carbocycles. The van der Waals surface area contributed by atoms with Crippen molar-refractivity contribution in [3.63, 3.8) is 0 Å². The van der Waals surface area contributed by atoms with Crippen molar-refractivity contribution >= 4 is 11.5 Å². The minimum Gasteiger partial charge on any atom is -0.383 e. The van der Waals surface area contributed by atoms with Gasteiger partial charge in [-0.3, -0.25) is 5.73 Å². The molecule has 3 rings (SSSR count). The number of halogens is 2. The fraction of sp³-hybridized carbons (Fsp3) is 0.0714. The number of rotatable bonds is 1. The Labute approximate surface area is 114 Å². The Balaban J connectivity index is 2.10. The summed E-state index contributed by atoms with van der Waals surface area (Å²) in [7, 11) is 0. The van der Waals surface area contributed by atoms with Crippen molar-refractivity contribution in [3.8, 4) is 0 Å². The third-order valence-electron chi connectivity index (χ3n) is 3.18. The van der Waals surface area contributed by atoms with E-state index in [0.29, 0.717) is 5.69 Å². The van der Waals surface area contributed by atoms with Crippen LogP contribution in [-0.2, 0) is 5.79 Å². The molecule has 0 saturated heterocycles. The molecule has 20 heavy (non-hydrogen) atoms. The van der Waals surface area contributed by atoms with Crippen LogP contribution < -0.4 is 16.8 Å². The van der Waals surface area contributed by atoms with Crippen LogP contribution in [0.3, 0.4) is 0 Å². The fourth-order valence-electron chi connectivity index (χ4n) is 2.17. The SMILES string of the molecule is NC1=NC(N)(c2ccc(F)c(F)c2)Nc2ccccc21. The highest BCUT2D eigenvalue weighted by Gasteiger charge is 2.32. The van der Waals surface area contributed by atoms with Crippen LogP contribution >= 0.6 is 0 Å². The number of nitrogens with one attached hydrogen (secondary N) is 1. The lowest BCUT2D eigenvalue weighted by Gasteiger charge is -2.33. The predicted molar refractivity (Wildman–Crippen MR) is 73.0 cm³/mol. The number of hydrogen-bond acceptors (Lipinski definition) is 4. The Bertz CT molecular complexity index is 714. The number of hydrogen-bond donors (Lipinski definition) is 3. The highest BCUT2D eigenvalue weighted by Crippen LogP contribution is 2.30. The zero-order chi connectivity index (χ0) is 14.3. The summed E-state index contributed by atoms with van der Waals surface area (Å²) in [5.41, 5.74) is 13.7. The Hall–Kier alpha value is -2.47. The van der Waals surface area contributed by atoms with E-state index in [1.807, 2.05) is 12.1 Å². The molecule has 2 aromatic rings. The van der Waals surface area contributed by atoms with Crippen LogP contribution in [0.4, 0.5) is 14.5 Å². The van der Waals surface area contributed by atoms with Gasteiger partial charge in [-0.2, -0.15) is 0 Å². The van der Waals surface area contributed by atoms with Gasteiger partial charge >= 0.3 is 0 Å². The average Bonchev–Trinajstić information content (AvgIpc) is 2.41. The van der Waals surface area contributed by atoms with Crippen LogP contribution in [-0.4, -0.2) is 5.84 Å². The number of anilines is 1. The maximum atomic E-state index is 13.4. The van der Waals surface area contributed by atoms with Crippen molar-refractivity contribution in [1.29, 1.82) is 0 Å². The van der Waals surface area contributed by atoms with Gasteiger partial charge in [-0.05, 0) is 24.3 Å². The summed E-state index contributed by atoms with van der Waals surface area (Å²) in [4.78, 5) is 4.17. The van der Waals surface area contributed by atoms with Gasteiger partial charge in [0, 0.05) is 16.8 Å². The number of nitrogens with zero attached hydrogens (tertiary/aromatic N) is 1. The average molecular weight is 274 g/mol. The van der Waals surface area contributed by atoms with Crippen molar-refractivity contribution in [2.45, 2.75) is 5.79 Å². The lowest BCUT2D eigenvalue weighted by atomic mass is 10.0. The Kier molecular flexibility index (Phi) is 2.69. The normalized spacial score (nSPS) is 20.9. The van der Waals surface area contributed by atoms with Gasteiger partial charge in [0.1, 0.15) is 5.84 Å². The molecule has 102 valence electrons. The summed E-state index contributed by atoms with van der Waals surface area (Å²) in [6.07, 6.45) is 0. The van der Waals surface area contributed by atoms with Gasteiger partial charge in [0.25, 0.3) is 0 Å². The van der Waals surface area contributed by atoms with Crippen molar-refractivity contribution in [2.75, 3.05) is 5.32 Å². The van der Waals surface area contributed by atoms with E-state index in [1.54, 1.807) is 12.1 Å². The number of fused-ring (bicyclic) bond motifs is 1. The van der Waals surface area contributed by atoms with E-state index >= 15 is 0 Å². The minimum absolute atomic E-state index is 0.242. The monoisotopic (exact) mass is 274 g/mol. The van der Waals surface area contributed by atoms with E-state index in [1.165, 1.54) is 6.07 Å². The van der Waals surface area contributed by atoms with Crippen LogP contribution in [0.2, 0.25) is 0 Å². The lowest BCUT2D eigenvalue weighted by Crippen LogP contribution is -2.47. The zero-order valence-corrected chi connectivity index (χ0v) is 10.4. The quantitative estimate of drug-likeness (QED) is 0.743. The molecule has 0 aliphatic carbocycles. The largest absolute Gasteiger partial charge is 0.383 e. The summed E-state index contributed by atoms with van der Waals surface area (Å²) in [6.45, 7) is 0.